The van der Waals surface area contributed by atoms with Crippen LogP contribution in [0, 0.1) is 18.3 Å². The fourth-order valence-corrected chi connectivity index (χ4v) is 3.39. The van der Waals surface area contributed by atoms with E-state index in [0.29, 0.717) is 5.41 Å². The number of hydrogen-bond acceptors (Lipinski definition) is 4. The second-order valence-corrected chi connectivity index (χ2v) is 7.32. The normalized spacial score (nSPS) is 21.2. The first-order valence-corrected chi connectivity index (χ1v) is 7.72. The Bertz CT molecular complexity index is 367. The summed E-state index contributed by atoms with van der Waals surface area (Å²) in [5, 5.41) is 8.29. The van der Waals surface area contributed by atoms with E-state index in [2.05, 4.69) is 36.4 Å². The van der Waals surface area contributed by atoms with Gasteiger partial charge in [-0.25, -0.2) is 4.98 Å². The van der Waals surface area contributed by atoms with Crippen molar-refractivity contribution in [1.29, 1.82) is 0 Å². The summed E-state index contributed by atoms with van der Waals surface area (Å²) in [7, 11) is 0. The van der Waals surface area contributed by atoms with Crippen molar-refractivity contribution in [2.45, 2.75) is 40.2 Å². The highest BCUT2D eigenvalue weighted by molar-refractivity contribution is 7.11. The number of nitrogens with zero attached hydrogens (tertiary/aromatic N) is 1. The van der Waals surface area contributed by atoms with Crippen LogP contribution in [0.25, 0.3) is 0 Å². The molecule has 0 aromatic carbocycles. The van der Waals surface area contributed by atoms with Gasteiger partial charge in [0.15, 0.2) is 0 Å². The molecule has 3 nitrogen and oxygen atoms in total. The number of aryl methyl sites for hydroxylation is 1. The Morgan fingerprint density at radius 3 is 3.00 bits per heavy atom. The van der Waals surface area contributed by atoms with E-state index in [-0.39, 0.29) is 0 Å². The molecule has 1 aliphatic rings. The van der Waals surface area contributed by atoms with Crippen molar-refractivity contribution < 1.29 is 0 Å². The summed E-state index contributed by atoms with van der Waals surface area (Å²) in [6.07, 6.45) is 4.63. The van der Waals surface area contributed by atoms with Gasteiger partial charge in [-0.05, 0) is 44.2 Å². The summed E-state index contributed by atoms with van der Waals surface area (Å²) < 4.78 is 0. The lowest BCUT2D eigenvalue weighted by Crippen LogP contribution is -2.43. The molecule has 1 unspecified atom stereocenters. The van der Waals surface area contributed by atoms with Crippen LogP contribution in [0.4, 0.5) is 0 Å². The molecule has 1 aromatic rings. The van der Waals surface area contributed by atoms with Crippen LogP contribution in [0.5, 0.6) is 0 Å². The van der Waals surface area contributed by atoms with Crippen LogP contribution in [-0.2, 0) is 6.54 Å². The Morgan fingerprint density at radius 1 is 1.56 bits per heavy atom. The SMILES string of the molecule is Cc1cnc(CNCC(C)(C)C2CCCNC2)s1. The molecule has 18 heavy (non-hydrogen) atoms. The molecule has 1 atom stereocenters. The van der Waals surface area contributed by atoms with Gasteiger partial charge in [-0.3, -0.25) is 0 Å². The number of piperidine rings is 1. The minimum atomic E-state index is 0.361. The zero-order valence-electron chi connectivity index (χ0n) is 11.8. The molecule has 0 aliphatic carbocycles. The first-order valence-electron chi connectivity index (χ1n) is 6.91. The third kappa shape index (κ3) is 3.77. The van der Waals surface area contributed by atoms with Crippen LogP contribution in [0.1, 0.15) is 36.6 Å². The van der Waals surface area contributed by atoms with Gasteiger partial charge in [0, 0.05) is 24.2 Å². The molecule has 0 spiro atoms. The Kier molecular flexibility index (Phi) is 4.76. The van der Waals surface area contributed by atoms with Crippen molar-refractivity contribution in [2.75, 3.05) is 19.6 Å². The molecule has 1 saturated heterocycles. The van der Waals surface area contributed by atoms with Crippen molar-refractivity contribution in [3.63, 3.8) is 0 Å². The molecule has 2 N–H and O–H groups in total. The fraction of sp³-hybridized carbons (Fsp3) is 0.786. The van der Waals surface area contributed by atoms with E-state index < -0.39 is 0 Å². The molecule has 102 valence electrons. The van der Waals surface area contributed by atoms with E-state index in [1.807, 2.05) is 6.20 Å². The number of aromatic nitrogens is 1. The molecule has 1 fully saturated rings. The monoisotopic (exact) mass is 267 g/mol. The number of nitrogens with one attached hydrogen (secondary N) is 2. The summed E-state index contributed by atoms with van der Waals surface area (Å²) >= 11 is 1.79. The predicted molar refractivity (Wildman–Crippen MR) is 77.9 cm³/mol. The average Bonchev–Trinajstić information content (AvgIpc) is 2.76. The topological polar surface area (TPSA) is 37.0 Å². The van der Waals surface area contributed by atoms with Gasteiger partial charge >= 0.3 is 0 Å². The van der Waals surface area contributed by atoms with E-state index in [1.54, 1.807) is 11.3 Å². The minimum absolute atomic E-state index is 0.361. The standard InChI is InChI=1S/C14H25N3S/c1-11-7-17-13(18-11)9-16-10-14(2,3)12-5-4-6-15-8-12/h7,12,15-16H,4-6,8-10H2,1-3H3. The van der Waals surface area contributed by atoms with Crippen LogP contribution >= 0.6 is 11.3 Å². The van der Waals surface area contributed by atoms with Crippen LogP contribution in [-0.4, -0.2) is 24.6 Å². The smallest absolute Gasteiger partial charge is 0.107 e. The molecule has 1 aliphatic heterocycles. The lowest BCUT2D eigenvalue weighted by atomic mass is 9.75. The Hall–Kier alpha value is -0.450. The highest BCUT2D eigenvalue weighted by atomic mass is 32.1. The molecule has 0 amide bonds. The van der Waals surface area contributed by atoms with E-state index in [0.717, 1.165) is 19.0 Å². The average molecular weight is 267 g/mol. The predicted octanol–water partition coefficient (Wildman–Crippen LogP) is 2.57. The summed E-state index contributed by atoms with van der Waals surface area (Å²) in [5.41, 5.74) is 0.361. The fourth-order valence-electron chi connectivity index (χ4n) is 2.64. The lowest BCUT2D eigenvalue weighted by Gasteiger charge is -2.37. The van der Waals surface area contributed by atoms with Gasteiger partial charge in [-0.15, -0.1) is 11.3 Å². The van der Waals surface area contributed by atoms with Crippen molar-refractivity contribution in [3.8, 4) is 0 Å². The Balaban J connectivity index is 1.77. The van der Waals surface area contributed by atoms with E-state index >= 15 is 0 Å². The first-order chi connectivity index (χ1) is 8.58. The van der Waals surface area contributed by atoms with Gasteiger partial charge in [-0.1, -0.05) is 13.8 Å². The number of rotatable bonds is 5. The summed E-state index contributed by atoms with van der Waals surface area (Å²) in [5.74, 6) is 0.789. The van der Waals surface area contributed by atoms with E-state index in [9.17, 15) is 0 Å². The maximum Gasteiger partial charge on any atom is 0.107 e. The van der Waals surface area contributed by atoms with Crippen molar-refractivity contribution in [1.82, 2.24) is 15.6 Å². The maximum absolute atomic E-state index is 4.39. The minimum Gasteiger partial charge on any atom is -0.316 e. The van der Waals surface area contributed by atoms with Crippen LogP contribution < -0.4 is 10.6 Å². The van der Waals surface area contributed by atoms with Crippen molar-refractivity contribution >= 4 is 11.3 Å². The third-order valence-electron chi connectivity index (χ3n) is 3.93. The molecule has 0 bridgehead atoms. The van der Waals surface area contributed by atoms with Gasteiger partial charge in [0.25, 0.3) is 0 Å². The Morgan fingerprint density at radius 2 is 2.39 bits per heavy atom. The molecule has 1 aromatic heterocycles. The van der Waals surface area contributed by atoms with Crippen LogP contribution in [0.3, 0.4) is 0 Å². The third-order valence-corrected chi connectivity index (χ3v) is 4.84. The second-order valence-electron chi connectivity index (χ2n) is 6.00. The van der Waals surface area contributed by atoms with Crippen molar-refractivity contribution in [2.24, 2.45) is 11.3 Å². The van der Waals surface area contributed by atoms with Gasteiger partial charge < -0.3 is 10.6 Å². The molecule has 0 radical (unpaired) electrons. The summed E-state index contributed by atoms with van der Waals surface area (Å²) in [4.78, 5) is 5.69. The molecule has 0 saturated carbocycles. The van der Waals surface area contributed by atoms with E-state index in [1.165, 1.54) is 35.8 Å². The van der Waals surface area contributed by atoms with Gasteiger partial charge in [0.05, 0.1) is 0 Å². The summed E-state index contributed by atoms with van der Waals surface area (Å²) in [6.45, 7) is 11.2. The van der Waals surface area contributed by atoms with Crippen LogP contribution in [0.2, 0.25) is 0 Å². The van der Waals surface area contributed by atoms with Crippen LogP contribution in [0.15, 0.2) is 6.20 Å². The number of thiazole rings is 1. The molecule has 2 heterocycles. The lowest BCUT2D eigenvalue weighted by molar-refractivity contribution is 0.166. The quantitative estimate of drug-likeness (QED) is 0.861. The Labute approximate surface area is 114 Å². The highest BCUT2D eigenvalue weighted by Crippen LogP contribution is 2.31. The largest absolute Gasteiger partial charge is 0.316 e. The van der Waals surface area contributed by atoms with Crippen molar-refractivity contribution in [3.05, 3.63) is 16.1 Å². The zero-order valence-corrected chi connectivity index (χ0v) is 12.6. The van der Waals surface area contributed by atoms with Gasteiger partial charge in [-0.2, -0.15) is 0 Å². The molecular weight excluding hydrogens is 242 g/mol. The molecular formula is C14H25N3S. The second kappa shape index (κ2) is 6.13. The number of hydrogen-bond donors (Lipinski definition) is 2. The van der Waals surface area contributed by atoms with E-state index in [4.69, 9.17) is 0 Å². The van der Waals surface area contributed by atoms with Gasteiger partial charge in [0.1, 0.15) is 5.01 Å². The summed E-state index contributed by atoms with van der Waals surface area (Å²) in [6, 6.07) is 0. The molecule has 4 heteroatoms. The first kappa shape index (κ1) is 14.0. The maximum atomic E-state index is 4.39. The highest BCUT2D eigenvalue weighted by Gasteiger charge is 2.30. The van der Waals surface area contributed by atoms with Gasteiger partial charge in [0.2, 0.25) is 0 Å². The molecule has 2 rings (SSSR count). The zero-order chi connectivity index (χ0) is 13.0.